The summed E-state index contributed by atoms with van der Waals surface area (Å²) in [7, 11) is 1.61. The van der Waals surface area contributed by atoms with Gasteiger partial charge >= 0.3 is 0 Å². The average molecular weight is 302 g/mol. The summed E-state index contributed by atoms with van der Waals surface area (Å²) in [5.74, 6) is 0.829. The summed E-state index contributed by atoms with van der Waals surface area (Å²) in [6.07, 6.45) is -0.378. The number of rotatable bonds is 4. The van der Waals surface area contributed by atoms with Gasteiger partial charge in [0.15, 0.2) is 0 Å². The Balaban J connectivity index is 1.98. The molecule has 0 saturated carbocycles. The molecule has 0 spiro atoms. The number of methoxy groups -OCH3 is 1. The molecule has 3 rings (SSSR count). The number of hydrogen-bond donors (Lipinski definition) is 1. The molecule has 108 valence electrons. The summed E-state index contributed by atoms with van der Waals surface area (Å²) >= 11 is 1.21. The monoisotopic (exact) mass is 302 g/mol. The van der Waals surface area contributed by atoms with Gasteiger partial charge in [0, 0.05) is 7.11 Å². The minimum absolute atomic E-state index is 0.367. The highest BCUT2D eigenvalue weighted by atomic mass is 32.1. The maximum atomic E-state index is 5.90. The number of nitrogens with zero attached hydrogens (tertiary/aromatic N) is 3. The van der Waals surface area contributed by atoms with Crippen LogP contribution >= 0.6 is 11.5 Å². The Morgan fingerprint density at radius 3 is 2.67 bits per heavy atom. The van der Waals surface area contributed by atoms with E-state index in [0.29, 0.717) is 22.3 Å². The maximum absolute atomic E-state index is 5.90. The van der Waals surface area contributed by atoms with E-state index in [9.17, 15) is 0 Å². The molecule has 0 aliphatic carbocycles. The van der Waals surface area contributed by atoms with Crippen molar-refractivity contribution in [2.75, 3.05) is 12.8 Å². The summed E-state index contributed by atoms with van der Waals surface area (Å²) < 4.78 is 15.0. The van der Waals surface area contributed by atoms with Crippen LogP contribution < -0.4 is 5.73 Å². The van der Waals surface area contributed by atoms with E-state index in [1.54, 1.807) is 7.11 Å². The number of hydrogen-bond acceptors (Lipinski definition) is 7. The maximum Gasteiger partial charge on any atom is 0.262 e. The van der Waals surface area contributed by atoms with E-state index in [4.69, 9.17) is 15.0 Å². The molecule has 0 aliphatic heterocycles. The van der Waals surface area contributed by atoms with E-state index in [0.717, 1.165) is 11.3 Å². The number of anilines is 1. The molecule has 0 saturated heterocycles. The topological polar surface area (TPSA) is 87.1 Å². The third-order valence-electron chi connectivity index (χ3n) is 3.12. The van der Waals surface area contributed by atoms with Crippen molar-refractivity contribution in [3.63, 3.8) is 0 Å². The largest absolute Gasteiger partial charge is 0.389 e. The Morgan fingerprint density at radius 2 is 2.05 bits per heavy atom. The van der Waals surface area contributed by atoms with Gasteiger partial charge in [0.1, 0.15) is 11.1 Å². The number of aryl methyl sites for hydroxylation is 1. The predicted octanol–water partition coefficient (Wildman–Crippen LogP) is 2.82. The van der Waals surface area contributed by atoms with Crippen molar-refractivity contribution in [2.45, 2.75) is 13.0 Å². The Morgan fingerprint density at radius 1 is 1.29 bits per heavy atom. The fourth-order valence-corrected chi connectivity index (χ4v) is 2.76. The molecule has 21 heavy (non-hydrogen) atoms. The van der Waals surface area contributed by atoms with E-state index < -0.39 is 0 Å². The molecule has 2 N–H and O–H groups in total. The van der Waals surface area contributed by atoms with Gasteiger partial charge in [-0.15, -0.1) is 0 Å². The average Bonchev–Trinajstić information content (AvgIpc) is 3.08. The van der Waals surface area contributed by atoms with E-state index in [1.807, 2.05) is 37.3 Å². The zero-order valence-electron chi connectivity index (χ0n) is 11.6. The molecular weight excluding hydrogens is 288 g/mol. The molecule has 0 aliphatic rings. The molecule has 0 amide bonds. The minimum Gasteiger partial charge on any atom is -0.389 e. The zero-order chi connectivity index (χ0) is 14.8. The fourth-order valence-electron chi connectivity index (χ4n) is 2.11. The van der Waals surface area contributed by atoms with Crippen molar-refractivity contribution < 1.29 is 9.26 Å². The molecule has 1 atom stereocenters. The van der Waals surface area contributed by atoms with Gasteiger partial charge in [0.25, 0.3) is 5.89 Å². The predicted molar refractivity (Wildman–Crippen MR) is 79.8 cm³/mol. The van der Waals surface area contributed by atoms with Gasteiger partial charge in [-0.1, -0.05) is 35.5 Å². The highest BCUT2D eigenvalue weighted by Crippen LogP contribution is 2.32. The van der Waals surface area contributed by atoms with Crippen LogP contribution in [0.3, 0.4) is 0 Å². The molecule has 3 aromatic rings. The van der Waals surface area contributed by atoms with Gasteiger partial charge in [-0.3, -0.25) is 0 Å². The van der Waals surface area contributed by atoms with Gasteiger partial charge < -0.3 is 15.0 Å². The van der Waals surface area contributed by atoms with Crippen LogP contribution in [0, 0.1) is 6.92 Å². The van der Waals surface area contributed by atoms with Crippen molar-refractivity contribution in [3.05, 3.63) is 47.4 Å². The second-order valence-electron chi connectivity index (χ2n) is 4.49. The smallest absolute Gasteiger partial charge is 0.262 e. The number of ether oxygens (including phenoxy) is 1. The molecule has 0 radical (unpaired) electrons. The number of benzene rings is 1. The van der Waals surface area contributed by atoms with Crippen LogP contribution in [0.25, 0.3) is 11.5 Å². The lowest BCUT2D eigenvalue weighted by Crippen LogP contribution is -2.05. The molecular formula is C14H14N4O2S. The first-order valence-corrected chi connectivity index (χ1v) is 7.11. The lowest BCUT2D eigenvalue weighted by atomic mass is 10.1. The van der Waals surface area contributed by atoms with Crippen molar-refractivity contribution in [3.8, 4) is 11.5 Å². The molecule has 6 nitrogen and oxygen atoms in total. The molecule has 0 fully saturated rings. The van der Waals surface area contributed by atoms with Crippen molar-refractivity contribution in [1.82, 2.24) is 14.5 Å². The van der Waals surface area contributed by atoms with Gasteiger partial charge in [0.05, 0.1) is 11.3 Å². The van der Waals surface area contributed by atoms with Crippen molar-refractivity contribution in [2.24, 2.45) is 0 Å². The van der Waals surface area contributed by atoms with E-state index in [-0.39, 0.29) is 6.10 Å². The zero-order valence-corrected chi connectivity index (χ0v) is 12.4. The van der Waals surface area contributed by atoms with Crippen LogP contribution in [0.5, 0.6) is 0 Å². The summed E-state index contributed by atoms with van der Waals surface area (Å²) in [5.41, 5.74) is 8.33. The molecule has 2 aromatic heterocycles. The molecule has 7 heteroatoms. The Kier molecular flexibility index (Phi) is 3.68. The van der Waals surface area contributed by atoms with Crippen molar-refractivity contribution >= 4 is 16.5 Å². The number of nitrogen functional groups attached to an aromatic ring is 1. The SMILES string of the molecule is COC(c1ccccc1)c1noc(-c2c(C)nsc2N)n1. The van der Waals surface area contributed by atoms with Crippen LogP contribution in [0.1, 0.15) is 23.2 Å². The fraction of sp³-hybridized carbons (Fsp3) is 0.214. The van der Waals surface area contributed by atoms with Crippen LogP contribution in [0.4, 0.5) is 5.00 Å². The van der Waals surface area contributed by atoms with E-state index >= 15 is 0 Å². The Hall–Kier alpha value is -2.25. The standard InChI is InChI=1S/C14H14N4O2S/c1-8-10(12(15)21-18-8)14-16-13(17-20-14)11(19-2)9-6-4-3-5-7-9/h3-7,11H,15H2,1-2H3. The summed E-state index contributed by atoms with van der Waals surface area (Å²) in [5, 5.41) is 4.58. The second-order valence-corrected chi connectivity index (χ2v) is 5.30. The van der Waals surface area contributed by atoms with Crippen LogP contribution in [0.15, 0.2) is 34.9 Å². The number of nitrogens with two attached hydrogens (primary N) is 1. The molecule has 1 aromatic carbocycles. The van der Waals surface area contributed by atoms with E-state index in [2.05, 4.69) is 14.5 Å². The van der Waals surface area contributed by atoms with Gasteiger partial charge in [-0.05, 0) is 24.0 Å². The number of aromatic nitrogens is 3. The normalized spacial score (nSPS) is 12.5. The Labute approximate surface area is 125 Å². The van der Waals surface area contributed by atoms with Crippen LogP contribution in [0.2, 0.25) is 0 Å². The third kappa shape index (κ3) is 2.53. The summed E-state index contributed by atoms with van der Waals surface area (Å²) in [6, 6.07) is 9.73. The van der Waals surface area contributed by atoms with Gasteiger partial charge in [-0.2, -0.15) is 9.36 Å². The van der Waals surface area contributed by atoms with Crippen LogP contribution in [-0.2, 0) is 4.74 Å². The van der Waals surface area contributed by atoms with E-state index in [1.165, 1.54) is 11.5 Å². The van der Waals surface area contributed by atoms with Gasteiger partial charge in [-0.25, -0.2) is 0 Å². The third-order valence-corrected chi connectivity index (χ3v) is 3.88. The lowest BCUT2D eigenvalue weighted by molar-refractivity contribution is 0.126. The van der Waals surface area contributed by atoms with Crippen molar-refractivity contribution in [1.29, 1.82) is 0 Å². The first kappa shape index (κ1) is 13.7. The lowest BCUT2D eigenvalue weighted by Gasteiger charge is -2.10. The summed E-state index contributed by atoms with van der Waals surface area (Å²) in [6.45, 7) is 1.86. The molecule has 1 unspecified atom stereocenters. The first-order valence-electron chi connectivity index (χ1n) is 6.34. The minimum atomic E-state index is -0.378. The quantitative estimate of drug-likeness (QED) is 0.797. The highest BCUT2D eigenvalue weighted by Gasteiger charge is 2.23. The second kappa shape index (κ2) is 5.63. The van der Waals surface area contributed by atoms with Crippen LogP contribution in [-0.4, -0.2) is 21.6 Å². The highest BCUT2D eigenvalue weighted by molar-refractivity contribution is 7.10. The Bertz CT molecular complexity index is 719. The molecule has 0 bridgehead atoms. The first-order chi connectivity index (χ1) is 10.2. The molecule has 2 heterocycles. The summed E-state index contributed by atoms with van der Waals surface area (Å²) in [4.78, 5) is 4.41. The van der Waals surface area contributed by atoms with Gasteiger partial charge in [0.2, 0.25) is 5.82 Å².